The Morgan fingerprint density at radius 1 is 0.955 bits per heavy atom. The van der Waals surface area contributed by atoms with E-state index >= 15 is 0 Å². The van der Waals surface area contributed by atoms with E-state index in [-0.39, 0.29) is 17.4 Å². The van der Waals surface area contributed by atoms with Gasteiger partial charge in [0.1, 0.15) is 5.82 Å². The Kier molecular flexibility index (Phi) is 8.55. The largest absolute Gasteiger partial charge is 0.336 e. The highest BCUT2D eigenvalue weighted by atomic mass is 16.2. The fourth-order valence-electron chi connectivity index (χ4n) is 7.69. The minimum Gasteiger partial charge on any atom is -0.336 e. The predicted octanol–water partition coefficient (Wildman–Crippen LogP) is 6.73. The van der Waals surface area contributed by atoms with Gasteiger partial charge in [0.2, 0.25) is 5.91 Å². The summed E-state index contributed by atoms with van der Waals surface area (Å²) < 4.78 is 2.53. The number of hydrogen-bond donors (Lipinski definition) is 1. The number of hydrogen-bond acceptors (Lipinski definition) is 4. The number of carbonyl (C=O) groups is 2. The van der Waals surface area contributed by atoms with E-state index in [1.165, 1.54) is 24.1 Å². The van der Waals surface area contributed by atoms with Crippen LogP contribution >= 0.6 is 0 Å². The second-order valence-electron chi connectivity index (χ2n) is 14.0. The molecule has 0 aliphatic carbocycles. The lowest BCUT2D eigenvalue weighted by Gasteiger charge is -2.41. The van der Waals surface area contributed by atoms with Gasteiger partial charge >= 0.3 is 6.03 Å². The molecule has 4 heterocycles. The van der Waals surface area contributed by atoms with Gasteiger partial charge < -0.3 is 14.8 Å². The number of aryl methyl sites for hydroxylation is 2. The molecule has 44 heavy (non-hydrogen) atoms. The zero-order valence-electron chi connectivity index (χ0n) is 27.1. The molecule has 6 rings (SSSR count). The number of piperidine rings is 1. The van der Waals surface area contributed by atoms with Crippen molar-refractivity contribution in [2.45, 2.75) is 97.8 Å². The number of nitrogens with one attached hydrogen (secondary N) is 1. The summed E-state index contributed by atoms with van der Waals surface area (Å²) >= 11 is 0. The molecule has 2 saturated heterocycles. The molecule has 3 aromatic rings. The highest BCUT2D eigenvalue weighted by Gasteiger charge is 2.42. The van der Waals surface area contributed by atoms with Crippen molar-refractivity contribution in [1.82, 2.24) is 19.4 Å². The highest BCUT2D eigenvalue weighted by Crippen LogP contribution is 2.42. The van der Waals surface area contributed by atoms with Gasteiger partial charge in [0.15, 0.2) is 0 Å². The van der Waals surface area contributed by atoms with E-state index in [1.54, 1.807) is 0 Å². The van der Waals surface area contributed by atoms with Crippen LogP contribution in [0.3, 0.4) is 0 Å². The van der Waals surface area contributed by atoms with Crippen molar-refractivity contribution in [1.29, 1.82) is 0 Å². The van der Waals surface area contributed by atoms with Gasteiger partial charge in [0.25, 0.3) is 0 Å². The van der Waals surface area contributed by atoms with Crippen LogP contribution in [0.1, 0.15) is 81.7 Å². The lowest BCUT2D eigenvalue weighted by Crippen LogP contribution is -2.46. The minimum absolute atomic E-state index is 0.0927. The minimum atomic E-state index is -0.371. The standard InChI is InChI=1S/C36H48N6O2/c1-25-12-14-27(15-13-25)38-35(44)41(28-10-7-6-8-11-28)20-9-19-40-29-16-17-30(40)23-31(22-29)42-26(2)37-32-24-39(21-18-33(32)42)34(43)36(3,4)5/h6-8,10-15,29-31H,9,16-24H2,1-5H3,(H,38,44)/t29-,30+,31?. The van der Waals surface area contributed by atoms with Crippen LogP contribution in [0.4, 0.5) is 16.2 Å². The Balaban J connectivity index is 1.09. The first-order chi connectivity index (χ1) is 21.1. The van der Waals surface area contributed by atoms with E-state index in [1.807, 2.05) is 92.1 Å². The molecule has 3 aliphatic rings. The van der Waals surface area contributed by atoms with Crippen molar-refractivity contribution >= 4 is 23.3 Å². The van der Waals surface area contributed by atoms with Gasteiger partial charge in [0, 0.05) is 66.7 Å². The molecule has 0 saturated carbocycles. The third kappa shape index (κ3) is 6.27. The second kappa shape index (κ2) is 12.4. The van der Waals surface area contributed by atoms with Crippen LogP contribution in [0.25, 0.3) is 0 Å². The zero-order valence-corrected chi connectivity index (χ0v) is 27.1. The normalized spacial score (nSPS) is 21.7. The number of para-hydroxylation sites is 1. The van der Waals surface area contributed by atoms with Crippen LogP contribution in [-0.4, -0.2) is 63.0 Å². The Morgan fingerprint density at radius 2 is 1.64 bits per heavy atom. The Bertz CT molecular complexity index is 1460. The molecule has 2 fully saturated rings. The van der Waals surface area contributed by atoms with Gasteiger partial charge in [-0.05, 0) is 70.2 Å². The van der Waals surface area contributed by atoms with Crippen LogP contribution in [0.15, 0.2) is 54.6 Å². The van der Waals surface area contributed by atoms with E-state index in [4.69, 9.17) is 4.98 Å². The van der Waals surface area contributed by atoms with Crippen molar-refractivity contribution in [2.75, 3.05) is 29.9 Å². The molecule has 8 nitrogen and oxygen atoms in total. The highest BCUT2D eigenvalue weighted by molar-refractivity contribution is 6.01. The van der Waals surface area contributed by atoms with Gasteiger partial charge in [-0.3, -0.25) is 14.6 Å². The summed E-state index contributed by atoms with van der Waals surface area (Å²) in [7, 11) is 0. The van der Waals surface area contributed by atoms with E-state index in [0.29, 0.717) is 31.2 Å². The maximum Gasteiger partial charge on any atom is 0.326 e. The van der Waals surface area contributed by atoms with Gasteiger partial charge in [-0.15, -0.1) is 0 Å². The van der Waals surface area contributed by atoms with Crippen LogP contribution in [0.2, 0.25) is 0 Å². The molecule has 2 aromatic carbocycles. The smallest absolute Gasteiger partial charge is 0.326 e. The number of imidazole rings is 1. The van der Waals surface area contributed by atoms with Gasteiger partial charge in [0.05, 0.1) is 12.2 Å². The Hall–Kier alpha value is -3.65. The van der Waals surface area contributed by atoms with Gasteiger partial charge in [-0.25, -0.2) is 9.78 Å². The summed E-state index contributed by atoms with van der Waals surface area (Å²) in [5, 5.41) is 3.10. The number of amides is 3. The van der Waals surface area contributed by atoms with Crippen LogP contribution in [0, 0.1) is 19.3 Å². The molecule has 1 N–H and O–H groups in total. The van der Waals surface area contributed by atoms with Crippen molar-refractivity contribution in [3.8, 4) is 0 Å². The van der Waals surface area contributed by atoms with Crippen molar-refractivity contribution < 1.29 is 9.59 Å². The SMILES string of the molecule is Cc1ccc(NC(=O)N(CCCN2[C@@H]3CC[C@H]2CC(n2c(C)nc4c2CCN(C(=O)C(C)(C)C)C4)C3)c2ccccc2)cc1. The second-order valence-corrected chi connectivity index (χ2v) is 14.0. The quantitative estimate of drug-likeness (QED) is 0.328. The monoisotopic (exact) mass is 596 g/mol. The van der Waals surface area contributed by atoms with E-state index in [2.05, 4.69) is 21.7 Å². The van der Waals surface area contributed by atoms with Crippen molar-refractivity contribution in [3.63, 3.8) is 0 Å². The number of benzene rings is 2. The number of nitrogens with zero attached hydrogens (tertiary/aromatic N) is 5. The molecule has 0 radical (unpaired) electrons. The molecule has 8 heteroatoms. The summed E-state index contributed by atoms with van der Waals surface area (Å²) in [6.45, 7) is 13.2. The van der Waals surface area contributed by atoms with Crippen molar-refractivity contribution in [2.24, 2.45) is 5.41 Å². The topological polar surface area (TPSA) is 73.7 Å². The maximum atomic E-state index is 13.4. The molecule has 3 amide bonds. The Labute approximate surface area is 262 Å². The van der Waals surface area contributed by atoms with Crippen LogP contribution in [-0.2, 0) is 17.8 Å². The fourth-order valence-corrected chi connectivity index (χ4v) is 7.69. The molecule has 1 unspecified atom stereocenters. The first-order valence-electron chi connectivity index (χ1n) is 16.4. The number of carbonyl (C=O) groups excluding carboxylic acids is 2. The summed E-state index contributed by atoms with van der Waals surface area (Å²) in [4.78, 5) is 38.0. The Morgan fingerprint density at radius 3 is 2.30 bits per heavy atom. The first kappa shape index (κ1) is 30.4. The van der Waals surface area contributed by atoms with Crippen molar-refractivity contribution in [3.05, 3.63) is 77.4 Å². The molecule has 2 bridgehead atoms. The lowest BCUT2D eigenvalue weighted by atomic mass is 9.93. The summed E-state index contributed by atoms with van der Waals surface area (Å²) in [6, 6.07) is 19.4. The molecule has 1 aromatic heterocycles. The molecule has 3 atom stereocenters. The molecular formula is C36H48N6O2. The number of fused-ring (bicyclic) bond motifs is 3. The molecule has 234 valence electrons. The molecule has 0 spiro atoms. The van der Waals surface area contributed by atoms with E-state index < -0.39 is 0 Å². The third-order valence-electron chi connectivity index (χ3n) is 9.80. The fraction of sp³-hybridized carbons (Fsp3) is 0.528. The van der Waals surface area contributed by atoms with E-state index in [0.717, 1.165) is 61.7 Å². The molecular weight excluding hydrogens is 548 g/mol. The third-order valence-corrected chi connectivity index (χ3v) is 9.80. The van der Waals surface area contributed by atoms with Crippen LogP contribution in [0.5, 0.6) is 0 Å². The number of aromatic nitrogens is 2. The number of urea groups is 1. The van der Waals surface area contributed by atoms with Crippen LogP contribution < -0.4 is 10.2 Å². The van der Waals surface area contributed by atoms with Gasteiger partial charge in [-0.1, -0.05) is 56.7 Å². The first-order valence-corrected chi connectivity index (χ1v) is 16.4. The van der Waals surface area contributed by atoms with E-state index in [9.17, 15) is 9.59 Å². The average molecular weight is 597 g/mol. The van der Waals surface area contributed by atoms with Gasteiger partial charge in [-0.2, -0.15) is 0 Å². The predicted molar refractivity (Wildman–Crippen MR) is 176 cm³/mol. The zero-order chi connectivity index (χ0) is 31.0. The lowest BCUT2D eigenvalue weighted by molar-refractivity contribution is -0.140. The summed E-state index contributed by atoms with van der Waals surface area (Å²) in [5.74, 6) is 1.30. The average Bonchev–Trinajstić information content (AvgIpc) is 3.45. The molecule has 3 aliphatic heterocycles. The summed E-state index contributed by atoms with van der Waals surface area (Å²) in [5.41, 5.74) is 4.96. The number of anilines is 2. The maximum absolute atomic E-state index is 13.4. The number of rotatable bonds is 7. The summed E-state index contributed by atoms with van der Waals surface area (Å²) in [6.07, 6.45) is 6.56.